The SMILES string of the molecule is CCCCCC/C=C\CCCCCCCC(=O)OC(COC(=O)CCCCCCCCCCCCCCCCCCCCCCCCCCCCCC)COC(OCC[N+](C)(C)C)C(=O)[O-]. The zero-order chi connectivity index (χ0) is 48.4. The zero-order valence-corrected chi connectivity index (χ0v) is 44.3. The quantitative estimate of drug-likeness (QED) is 0.0195. The Bertz CT molecular complexity index is 1090. The van der Waals surface area contributed by atoms with Crippen molar-refractivity contribution in [3.8, 4) is 0 Å². The number of quaternary nitrogens is 1. The average molecular weight is 936 g/mol. The van der Waals surface area contributed by atoms with Crippen LogP contribution in [0, 0.1) is 0 Å². The third-order valence-corrected chi connectivity index (χ3v) is 12.8. The maximum Gasteiger partial charge on any atom is 0.306 e. The van der Waals surface area contributed by atoms with E-state index in [4.69, 9.17) is 18.9 Å². The van der Waals surface area contributed by atoms with Crippen LogP contribution in [0.5, 0.6) is 0 Å². The van der Waals surface area contributed by atoms with Gasteiger partial charge in [0.2, 0.25) is 0 Å². The average Bonchev–Trinajstić information content (AvgIpc) is 3.28. The molecule has 0 saturated carbocycles. The van der Waals surface area contributed by atoms with Crippen molar-refractivity contribution in [3.05, 3.63) is 12.2 Å². The van der Waals surface area contributed by atoms with Gasteiger partial charge in [0.1, 0.15) is 13.2 Å². The summed E-state index contributed by atoms with van der Waals surface area (Å²) in [5, 5.41) is 11.7. The number of carbonyl (C=O) groups excluding carboxylic acids is 3. The van der Waals surface area contributed by atoms with E-state index in [2.05, 4.69) is 26.0 Å². The smallest absolute Gasteiger partial charge is 0.306 e. The first kappa shape index (κ1) is 64.0. The first-order valence-corrected chi connectivity index (χ1v) is 28.3. The molecule has 66 heavy (non-hydrogen) atoms. The number of carbonyl (C=O) groups is 3. The number of hydrogen-bond acceptors (Lipinski definition) is 8. The first-order valence-electron chi connectivity index (χ1n) is 28.3. The highest BCUT2D eigenvalue weighted by molar-refractivity contribution is 5.70. The number of likely N-dealkylation sites (N-methyl/N-ethyl adjacent to an activating group) is 1. The van der Waals surface area contributed by atoms with Crippen LogP contribution in [0.4, 0.5) is 0 Å². The number of rotatable bonds is 53. The minimum atomic E-state index is -1.62. The Hall–Kier alpha value is -1.97. The van der Waals surface area contributed by atoms with Crippen molar-refractivity contribution in [1.82, 2.24) is 0 Å². The molecule has 0 aromatic carbocycles. The molecule has 2 unspecified atom stereocenters. The van der Waals surface area contributed by atoms with Crippen molar-refractivity contribution < 1.29 is 42.9 Å². The largest absolute Gasteiger partial charge is 0.545 e. The summed E-state index contributed by atoms with van der Waals surface area (Å²) in [4.78, 5) is 37.1. The Balaban J connectivity index is 4.09. The van der Waals surface area contributed by atoms with Crippen molar-refractivity contribution in [2.24, 2.45) is 0 Å². The number of ether oxygens (including phenoxy) is 4. The van der Waals surface area contributed by atoms with E-state index in [-0.39, 0.29) is 32.2 Å². The summed E-state index contributed by atoms with van der Waals surface area (Å²) in [6, 6.07) is 0. The van der Waals surface area contributed by atoms with Crippen LogP contribution in [0.2, 0.25) is 0 Å². The molecule has 0 aliphatic rings. The van der Waals surface area contributed by atoms with Gasteiger partial charge >= 0.3 is 11.9 Å². The van der Waals surface area contributed by atoms with E-state index in [1.54, 1.807) is 0 Å². The van der Waals surface area contributed by atoms with E-state index >= 15 is 0 Å². The van der Waals surface area contributed by atoms with E-state index in [1.807, 2.05) is 21.1 Å². The Kier molecular flexibility index (Phi) is 48.0. The molecule has 0 N–H and O–H groups in total. The fourth-order valence-electron chi connectivity index (χ4n) is 8.36. The van der Waals surface area contributed by atoms with Crippen LogP contribution in [0.25, 0.3) is 0 Å². The summed E-state index contributed by atoms with van der Waals surface area (Å²) >= 11 is 0. The zero-order valence-electron chi connectivity index (χ0n) is 44.3. The second kappa shape index (κ2) is 49.5. The van der Waals surface area contributed by atoms with Crippen molar-refractivity contribution in [1.29, 1.82) is 0 Å². The molecule has 0 amide bonds. The number of esters is 2. The maximum atomic E-state index is 12.8. The lowest BCUT2D eigenvalue weighted by molar-refractivity contribution is -0.870. The van der Waals surface area contributed by atoms with Gasteiger partial charge in [0.05, 0.1) is 40.3 Å². The Morgan fingerprint density at radius 3 is 1.14 bits per heavy atom. The number of aliphatic carboxylic acids is 1. The molecule has 0 aromatic heterocycles. The number of carboxylic acids is 1. The molecule has 0 radical (unpaired) electrons. The third-order valence-electron chi connectivity index (χ3n) is 12.8. The maximum absolute atomic E-state index is 12.8. The molecule has 0 aliphatic carbocycles. The molecule has 0 spiro atoms. The molecule has 9 nitrogen and oxygen atoms in total. The Morgan fingerprint density at radius 2 is 0.773 bits per heavy atom. The normalized spacial score (nSPS) is 12.8. The van der Waals surface area contributed by atoms with Crippen LogP contribution < -0.4 is 5.11 Å². The van der Waals surface area contributed by atoms with E-state index in [9.17, 15) is 19.5 Å². The summed E-state index contributed by atoms with van der Waals surface area (Å²) < 4.78 is 22.6. The molecule has 0 aromatic rings. The molecular weight excluding hydrogens is 827 g/mol. The molecule has 0 rings (SSSR count). The van der Waals surface area contributed by atoms with Crippen LogP contribution in [0.1, 0.15) is 277 Å². The standard InChI is InChI=1S/C57H109NO8/c1-6-8-10-12-14-16-18-20-21-22-23-24-25-26-27-28-29-30-31-32-33-34-36-37-39-41-43-45-47-54(59)64-51-53(52-65-57(56(61)62)63-50-49-58(3,4)5)66-55(60)48-46-44-42-40-38-35-19-17-15-13-11-9-7-2/h17,19,53,57H,6-16,18,20-52H2,1-5H3/b19-17-. The highest BCUT2D eigenvalue weighted by Gasteiger charge is 2.22. The van der Waals surface area contributed by atoms with Gasteiger partial charge in [-0.3, -0.25) is 9.59 Å². The monoisotopic (exact) mass is 936 g/mol. The molecule has 0 aliphatic heterocycles. The van der Waals surface area contributed by atoms with Gasteiger partial charge in [-0.05, 0) is 38.5 Å². The van der Waals surface area contributed by atoms with Crippen molar-refractivity contribution in [3.63, 3.8) is 0 Å². The number of carboxylic acid groups (broad SMARTS) is 1. The third kappa shape index (κ3) is 49.9. The van der Waals surface area contributed by atoms with Gasteiger partial charge in [0, 0.05) is 12.8 Å². The van der Waals surface area contributed by atoms with Crippen molar-refractivity contribution in [2.45, 2.75) is 289 Å². The van der Waals surface area contributed by atoms with Gasteiger partial charge in [-0.25, -0.2) is 0 Å². The molecular formula is C57H109NO8. The minimum absolute atomic E-state index is 0.149. The highest BCUT2D eigenvalue weighted by Crippen LogP contribution is 2.17. The summed E-state index contributed by atoms with van der Waals surface area (Å²) in [6.07, 6.45) is 52.7. The predicted molar refractivity (Wildman–Crippen MR) is 274 cm³/mol. The molecule has 390 valence electrons. The predicted octanol–water partition coefficient (Wildman–Crippen LogP) is 14.8. The van der Waals surface area contributed by atoms with Crippen LogP contribution in [-0.2, 0) is 33.3 Å². The van der Waals surface area contributed by atoms with Gasteiger partial charge in [0.15, 0.2) is 12.4 Å². The molecule has 2 atom stereocenters. The molecule has 0 saturated heterocycles. The number of allylic oxidation sites excluding steroid dienone is 2. The first-order chi connectivity index (χ1) is 32.1. The fourth-order valence-corrected chi connectivity index (χ4v) is 8.36. The van der Waals surface area contributed by atoms with E-state index < -0.39 is 24.3 Å². The number of nitrogens with zero attached hydrogens (tertiary/aromatic N) is 1. The summed E-state index contributed by atoms with van der Waals surface area (Å²) in [7, 11) is 5.92. The van der Waals surface area contributed by atoms with Gasteiger partial charge in [-0.15, -0.1) is 0 Å². The lowest BCUT2D eigenvalue weighted by atomic mass is 10.0. The Labute approximate surface area is 408 Å². The second-order valence-electron chi connectivity index (χ2n) is 20.6. The lowest BCUT2D eigenvalue weighted by Crippen LogP contribution is -2.44. The van der Waals surface area contributed by atoms with Gasteiger partial charge < -0.3 is 33.3 Å². The molecule has 0 bridgehead atoms. The van der Waals surface area contributed by atoms with E-state index in [0.29, 0.717) is 23.9 Å². The topological polar surface area (TPSA) is 111 Å². The molecule has 0 fully saturated rings. The van der Waals surface area contributed by atoms with E-state index in [1.165, 1.54) is 193 Å². The lowest BCUT2D eigenvalue weighted by Gasteiger charge is -2.26. The van der Waals surface area contributed by atoms with Crippen LogP contribution in [0.15, 0.2) is 12.2 Å². The fraction of sp³-hybridized carbons (Fsp3) is 0.912. The van der Waals surface area contributed by atoms with Crippen LogP contribution in [-0.4, -0.2) is 82.3 Å². The van der Waals surface area contributed by atoms with Gasteiger partial charge in [-0.2, -0.15) is 0 Å². The van der Waals surface area contributed by atoms with Crippen molar-refractivity contribution in [2.75, 3.05) is 47.5 Å². The number of hydrogen-bond donors (Lipinski definition) is 0. The van der Waals surface area contributed by atoms with E-state index in [0.717, 1.165) is 51.4 Å². The van der Waals surface area contributed by atoms with Crippen LogP contribution in [0.3, 0.4) is 0 Å². The molecule has 0 heterocycles. The summed E-state index contributed by atoms with van der Waals surface area (Å²) in [5.41, 5.74) is 0. The Morgan fingerprint density at radius 1 is 0.439 bits per heavy atom. The van der Waals surface area contributed by atoms with Gasteiger partial charge in [0.25, 0.3) is 0 Å². The summed E-state index contributed by atoms with van der Waals surface area (Å²) in [6.45, 7) is 4.76. The van der Waals surface area contributed by atoms with Crippen LogP contribution >= 0.6 is 0 Å². The minimum Gasteiger partial charge on any atom is -0.545 e. The van der Waals surface area contributed by atoms with Gasteiger partial charge in [-0.1, -0.05) is 238 Å². The highest BCUT2D eigenvalue weighted by atomic mass is 16.7. The second-order valence-corrected chi connectivity index (χ2v) is 20.6. The van der Waals surface area contributed by atoms with Crippen molar-refractivity contribution >= 4 is 17.9 Å². The number of unbranched alkanes of at least 4 members (excludes halogenated alkanes) is 36. The molecule has 9 heteroatoms. The summed E-state index contributed by atoms with van der Waals surface area (Å²) in [5.74, 6) is -2.28.